The van der Waals surface area contributed by atoms with Crippen molar-refractivity contribution in [2.45, 2.75) is 76.1 Å². The number of carbonyl (C=O) groups excluding carboxylic acids is 2. The first-order valence-corrected chi connectivity index (χ1v) is 14.1. The summed E-state index contributed by atoms with van der Waals surface area (Å²) >= 11 is 0. The fraction of sp³-hybridized carbons (Fsp3) is 0.533. The van der Waals surface area contributed by atoms with Gasteiger partial charge in [-0.2, -0.15) is 13.2 Å². The van der Waals surface area contributed by atoms with Crippen LogP contribution in [0.15, 0.2) is 42.6 Å². The third-order valence-corrected chi connectivity index (χ3v) is 8.29. The molecule has 2 amide bonds. The molecule has 2 aliphatic rings. The molecule has 222 valence electrons. The van der Waals surface area contributed by atoms with E-state index in [0.717, 1.165) is 17.7 Å². The molecule has 41 heavy (non-hydrogen) atoms. The minimum absolute atomic E-state index is 0.0591. The first-order valence-electron chi connectivity index (χ1n) is 14.1. The maximum Gasteiger partial charge on any atom is 0.418 e. The standard InChI is InChI=1S/C30H36F3N3O5/c1-2-7-24-21(9-6-17-36(24)28(40)26-23(30(31,32)33)11-5-16-34-26)27(39)35-18-14-29(41,15-19-35)22-10-4-3-8-20(22)12-13-25(37)38/h3-5,8,10-11,16,21,24,41H,2,6-7,9,12-15,17-19H2,1H3,(H,37,38). The highest BCUT2D eigenvalue weighted by atomic mass is 19.4. The van der Waals surface area contributed by atoms with Crippen molar-refractivity contribution in [1.82, 2.24) is 14.8 Å². The topological polar surface area (TPSA) is 111 Å². The van der Waals surface area contributed by atoms with E-state index in [4.69, 9.17) is 5.11 Å². The molecule has 1 aromatic carbocycles. The van der Waals surface area contributed by atoms with Crippen molar-refractivity contribution in [1.29, 1.82) is 0 Å². The maximum atomic E-state index is 13.8. The molecule has 11 heteroatoms. The fourth-order valence-corrected chi connectivity index (χ4v) is 6.23. The number of hydrogen-bond donors (Lipinski definition) is 2. The van der Waals surface area contributed by atoms with Crippen LogP contribution in [0.25, 0.3) is 0 Å². The molecule has 2 N–H and O–H groups in total. The van der Waals surface area contributed by atoms with Crippen LogP contribution in [0.5, 0.6) is 0 Å². The van der Waals surface area contributed by atoms with Crippen LogP contribution >= 0.6 is 0 Å². The van der Waals surface area contributed by atoms with Gasteiger partial charge >= 0.3 is 12.1 Å². The molecule has 8 nitrogen and oxygen atoms in total. The summed E-state index contributed by atoms with van der Waals surface area (Å²) in [7, 11) is 0. The number of halogens is 3. The first kappa shape index (κ1) is 30.5. The smallest absolute Gasteiger partial charge is 0.418 e. The Morgan fingerprint density at radius 2 is 1.78 bits per heavy atom. The Hall–Kier alpha value is -3.47. The number of carboxylic acids is 1. The molecule has 0 spiro atoms. The van der Waals surface area contributed by atoms with Crippen LogP contribution in [-0.4, -0.2) is 68.5 Å². The third-order valence-electron chi connectivity index (χ3n) is 8.29. The van der Waals surface area contributed by atoms with Crippen molar-refractivity contribution in [3.05, 3.63) is 65.0 Å². The van der Waals surface area contributed by atoms with Gasteiger partial charge in [0, 0.05) is 38.3 Å². The number of benzene rings is 1. The van der Waals surface area contributed by atoms with Crippen LogP contribution in [0.1, 0.15) is 79.0 Å². The van der Waals surface area contributed by atoms with Crippen molar-refractivity contribution in [2.24, 2.45) is 5.92 Å². The number of rotatable bonds is 8. The van der Waals surface area contributed by atoms with E-state index in [2.05, 4.69) is 4.98 Å². The van der Waals surface area contributed by atoms with E-state index < -0.39 is 46.9 Å². The number of aliphatic hydroxyl groups is 1. The normalized spacial score (nSPS) is 21.0. The van der Waals surface area contributed by atoms with Crippen molar-refractivity contribution in [2.75, 3.05) is 19.6 Å². The molecule has 4 rings (SSSR count). The summed E-state index contributed by atoms with van der Waals surface area (Å²) in [5.74, 6) is -2.48. The number of aliphatic carboxylic acids is 1. The van der Waals surface area contributed by atoms with E-state index in [0.29, 0.717) is 31.2 Å². The van der Waals surface area contributed by atoms with Gasteiger partial charge in [-0.3, -0.25) is 19.4 Å². The van der Waals surface area contributed by atoms with Gasteiger partial charge in [0.1, 0.15) is 5.69 Å². The highest BCUT2D eigenvalue weighted by molar-refractivity contribution is 5.95. The first-order chi connectivity index (χ1) is 19.5. The maximum absolute atomic E-state index is 13.8. The second kappa shape index (κ2) is 12.6. The van der Waals surface area contributed by atoms with Crippen LogP contribution in [0.3, 0.4) is 0 Å². The number of piperidine rings is 2. The summed E-state index contributed by atoms with van der Waals surface area (Å²) in [6, 6.07) is 8.63. The lowest BCUT2D eigenvalue weighted by molar-refractivity contribution is -0.144. The Kier molecular flexibility index (Phi) is 9.36. The Labute approximate surface area is 237 Å². The summed E-state index contributed by atoms with van der Waals surface area (Å²) in [6.45, 7) is 2.69. The summed E-state index contributed by atoms with van der Waals surface area (Å²) in [4.78, 5) is 45.2. The lowest BCUT2D eigenvalue weighted by Gasteiger charge is -2.45. The molecule has 2 unspecified atom stereocenters. The number of amides is 2. The zero-order valence-corrected chi connectivity index (χ0v) is 23.1. The van der Waals surface area contributed by atoms with Gasteiger partial charge in [0.15, 0.2) is 0 Å². The summed E-state index contributed by atoms with van der Waals surface area (Å²) in [5.41, 5.74) is -1.53. The summed E-state index contributed by atoms with van der Waals surface area (Å²) < 4.78 is 40.9. The quantitative estimate of drug-likeness (QED) is 0.474. The predicted octanol–water partition coefficient (Wildman–Crippen LogP) is 4.65. The molecule has 0 radical (unpaired) electrons. The van der Waals surface area contributed by atoms with E-state index in [1.807, 2.05) is 13.0 Å². The van der Waals surface area contributed by atoms with Gasteiger partial charge < -0.3 is 20.0 Å². The SMILES string of the molecule is CCCC1C(C(=O)N2CCC(O)(c3ccccc3CCC(=O)O)CC2)CCCN1C(=O)c1ncccc1C(F)(F)F. The molecule has 1 aromatic heterocycles. The summed E-state index contributed by atoms with van der Waals surface area (Å²) in [5, 5.41) is 20.6. The number of carboxylic acid groups (broad SMARTS) is 1. The van der Waals surface area contributed by atoms with Crippen LogP contribution in [0, 0.1) is 5.92 Å². The molecule has 3 heterocycles. The Morgan fingerprint density at radius 1 is 1.07 bits per heavy atom. The van der Waals surface area contributed by atoms with Gasteiger partial charge in [-0.1, -0.05) is 37.6 Å². The molecule has 2 aliphatic heterocycles. The van der Waals surface area contributed by atoms with Crippen molar-refractivity contribution < 1.29 is 37.8 Å². The molecule has 2 aromatic rings. The fourth-order valence-electron chi connectivity index (χ4n) is 6.23. The number of likely N-dealkylation sites (tertiary alicyclic amines) is 2. The number of nitrogens with zero attached hydrogens (tertiary/aromatic N) is 3. The molecule has 2 atom stereocenters. The minimum Gasteiger partial charge on any atom is -0.481 e. The highest BCUT2D eigenvalue weighted by Gasteiger charge is 2.44. The molecular formula is C30H36F3N3O5. The van der Waals surface area contributed by atoms with Crippen molar-refractivity contribution in [3.8, 4) is 0 Å². The largest absolute Gasteiger partial charge is 0.481 e. The van der Waals surface area contributed by atoms with Gasteiger partial charge in [0.2, 0.25) is 5.91 Å². The van der Waals surface area contributed by atoms with Gasteiger partial charge in [-0.25, -0.2) is 0 Å². The molecule has 2 fully saturated rings. The van der Waals surface area contributed by atoms with Crippen LogP contribution in [0.4, 0.5) is 13.2 Å². The average molecular weight is 576 g/mol. The predicted molar refractivity (Wildman–Crippen MR) is 144 cm³/mol. The van der Waals surface area contributed by atoms with E-state index in [1.165, 1.54) is 11.1 Å². The minimum atomic E-state index is -4.73. The number of carbonyl (C=O) groups is 3. The Bertz CT molecular complexity index is 1260. The van der Waals surface area contributed by atoms with Crippen molar-refractivity contribution >= 4 is 17.8 Å². The van der Waals surface area contributed by atoms with Gasteiger partial charge in [0.25, 0.3) is 5.91 Å². The van der Waals surface area contributed by atoms with Crippen LogP contribution in [-0.2, 0) is 27.8 Å². The second-order valence-corrected chi connectivity index (χ2v) is 10.9. The molecule has 0 saturated carbocycles. The lowest BCUT2D eigenvalue weighted by atomic mass is 9.80. The van der Waals surface area contributed by atoms with E-state index in [9.17, 15) is 32.7 Å². The number of aromatic nitrogens is 1. The van der Waals surface area contributed by atoms with E-state index >= 15 is 0 Å². The third kappa shape index (κ3) is 6.72. The lowest BCUT2D eigenvalue weighted by Crippen LogP contribution is -2.55. The molecule has 2 saturated heterocycles. The molecule has 0 bridgehead atoms. The molecular weight excluding hydrogens is 539 g/mol. The Morgan fingerprint density at radius 3 is 2.44 bits per heavy atom. The number of hydrogen-bond acceptors (Lipinski definition) is 5. The van der Waals surface area contributed by atoms with Crippen LogP contribution < -0.4 is 0 Å². The van der Waals surface area contributed by atoms with Crippen molar-refractivity contribution in [3.63, 3.8) is 0 Å². The highest BCUT2D eigenvalue weighted by Crippen LogP contribution is 2.38. The Balaban J connectivity index is 1.50. The zero-order chi connectivity index (χ0) is 29.8. The van der Waals surface area contributed by atoms with E-state index in [-0.39, 0.29) is 51.2 Å². The van der Waals surface area contributed by atoms with Gasteiger partial charge in [-0.15, -0.1) is 0 Å². The average Bonchev–Trinajstić information content (AvgIpc) is 2.95. The zero-order valence-electron chi connectivity index (χ0n) is 23.1. The monoisotopic (exact) mass is 575 g/mol. The second-order valence-electron chi connectivity index (χ2n) is 10.9. The number of alkyl halides is 3. The number of pyridine rings is 1. The van der Waals surface area contributed by atoms with Crippen LogP contribution in [0.2, 0.25) is 0 Å². The van der Waals surface area contributed by atoms with Gasteiger partial charge in [0.05, 0.1) is 17.1 Å². The van der Waals surface area contributed by atoms with E-state index in [1.54, 1.807) is 23.1 Å². The summed E-state index contributed by atoms with van der Waals surface area (Å²) in [6.07, 6.45) is -0.723. The number of aryl methyl sites for hydroxylation is 1. The van der Waals surface area contributed by atoms with Gasteiger partial charge in [-0.05, 0) is 61.8 Å². The molecule has 0 aliphatic carbocycles.